The number of hydrogen-bond donors (Lipinski definition) is 1. The predicted molar refractivity (Wildman–Crippen MR) is 135 cm³/mol. The molecule has 0 aliphatic carbocycles. The summed E-state index contributed by atoms with van der Waals surface area (Å²) in [6.45, 7) is 1.16. The Bertz CT molecular complexity index is 1610. The van der Waals surface area contributed by atoms with Crippen molar-refractivity contribution in [2.24, 2.45) is 7.05 Å². The smallest absolute Gasteiger partial charge is 0.280 e. The first-order chi connectivity index (χ1) is 16.9. The molecular formula is C25H24ClN7O2. The Balaban J connectivity index is 1.66. The molecule has 0 amide bonds. The maximum atomic E-state index is 13.7. The van der Waals surface area contributed by atoms with Crippen LogP contribution in [0.4, 0.5) is 0 Å². The van der Waals surface area contributed by atoms with Gasteiger partial charge in [-0.15, -0.1) is 0 Å². The Morgan fingerprint density at radius 3 is 2.54 bits per heavy atom. The number of rotatable bonds is 7. The lowest BCUT2D eigenvalue weighted by atomic mass is 10.2. The summed E-state index contributed by atoms with van der Waals surface area (Å²) in [5.41, 5.74) is 2.70. The van der Waals surface area contributed by atoms with E-state index >= 15 is 0 Å². The first-order valence-corrected chi connectivity index (χ1v) is 11.5. The molecule has 0 bridgehead atoms. The minimum absolute atomic E-state index is 0.225. The van der Waals surface area contributed by atoms with Gasteiger partial charge in [-0.3, -0.25) is 29.3 Å². The van der Waals surface area contributed by atoms with Gasteiger partial charge in [-0.2, -0.15) is 5.10 Å². The number of halogens is 1. The maximum absolute atomic E-state index is 13.7. The standard InChI is InChI=1S/C25H24ClN7O2/c1-30(14-17-7-5-6-11-27-17)16-22-24-20(13-23(34)32(22)15-18-10-12-31(2)28-18)29-33(25(24)35)21-9-4-3-8-19(21)26/h3-13,29H,14-16H2,1-2H3. The van der Waals surface area contributed by atoms with Crippen molar-refractivity contribution in [3.8, 4) is 5.69 Å². The number of para-hydroxylation sites is 1. The molecule has 4 heterocycles. The molecule has 0 aliphatic rings. The van der Waals surface area contributed by atoms with Crippen LogP contribution in [-0.2, 0) is 26.7 Å². The molecule has 4 aromatic heterocycles. The number of aryl methyl sites for hydroxylation is 1. The summed E-state index contributed by atoms with van der Waals surface area (Å²) >= 11 is 6.37. The Morgan fingerprint density at radius 1 is 1.03 bits per heavy atom. The van der Waals surface area contributed by atoms with Crippen molar-refractivity contribution in [1.82, 2.24) is 34.0 Å². The van der Waals surface area contributed by atoms with Gasteiger partial charge < -0.3 is 4.57 Å². The third-order valence-electron chi connectivity index (χ3n) is 5.83. The van der Waals surface area contributed by atoms with Crippen molar-refractivity contribution in [2.75, 3.05) is 7.05 Å². The van der Waals surface area contributed by atoms with Crippen LogP contribution >= 0.6 is 11.6 Å². The third-order valence-corrected chi connectivity index (χ3v) is 6.15. The van der Waals surface area contributed by atoms with E-state index in [0.29, 0.717) is 40.4 Å². The quantitative estimate of drug-likeness (QED) is 0.379. The van der Waals surface area contributed by atoms with Gasteiger partial charge in [0, 0.05) is 38.6 Å². The minimum Gasteiger partial charge on any atom is -0.304 e. The number of fused-ring (bicyclic) bond motifs is 1. The van der Waals surface area contributed by atoms with Crippen molar-refractivity contribution >= 4 is 22.5 Å². The summed E-state index contributed by atoms with van der Waals surface area (Å²) in [5.74, 6) is 0. The Kier molecular flexibility index (Phi) is 6.10. The van der Waals surface area contributed by atoms with Crippen LogP contribution < -0.4 is 11.1 Å². The largest absolute Gasteiger partial charge is 0.304 e. The number of pyridine rings is 2. The highest BCUT2D eigenvalue weighted by atomic mass is 35.5. The van der Waals surface area contributed by atoms with Crippen LogP contribution in [0, 0.1) is 0 Å². The van der Waals surface area contributed by atoms with Crippen molar-refractivity contribution in [2.45, 2.75) is 19.6 Å². The number of nitrogens with zero attached hydrogens (tertiary/aromatic N) is 6. The van der Waals surface area contributed by atoms with E-state index in [0.717, 1.165) is 11.4 Å². The molecular weight excluding hydrogens is 466 g/mol. The van der Waals surface area contributed by atoms with Crippen molar-refractivity contribution < 1.29 is 0 Å². The van der Waals surface area contributed by atoms with Crippen LogP contribution in [0.2, 0.25) is 5.02 Å². The van der Waals surface area contributed by atoms with Crippen molar-refractivity contribution in [3.63, 3.8) is 0 Å². The zero-order valence-corrected chi connectivity index (χ0v) is 20.1. The molecule has 0 fully saturated rings. The normalized spacial score (nSPS) is 11.5. The Morgan fingerprint density at radius 2 is 1.83 bits per heavy atom. The van der Waals surface area contributed by atoms with Gasteiger partial charge in [0.2, 0.25) is 0 Å². The van der Waals surface area contributed by atoms with Gasteiger partial charge in [0.15, 0.2) is 0 Å². The second-order valence-corrected chi connectivity index (χ2v) is 8.89. The molecule has 178 valence electrons. The van der Waals surface area contributed by atoms with Gasteiger partial charge >= 0.3 is 0 Å². The zero-order chi connectivity index (χ0) is 24.5. The van der Waals surface area contributed by atoms with E-state index in [-0.39, 0.29) is 17.7 Å². The lowest BCUT2D eigenvalue weighted by Gasteiger charge is -2.20. The van der Waals surface area contributed by atoms with E-state index in [1.165, 1.54) is 10.7 Å². The summed E-state index contributed by atoms with van der Waals surface area (Å²) in [4.78, 5) is 33.4. The third kappa shape index (κ3) is 4.55. The van der Waals surface area contributed by atoms with E-state index in [4.69, 9.17) is 11.6 Å². The SMILES string of the molecule is CN(Cc1ccccn1)Cc1c2c(=O)n(-c3ccccc3Cl)[nH]c2cc(=O)n1Cc1ccn(C)n1. The Labute approximate surface area is 205 Å². The molecule has 10 heteroatoms. The van der Waals surface area contributed by atoms with Gasteiger partial charge in [-0.1, -0.05) is 29.8 Å². The van der Waals surface area contributed by atoms with Crippen LogP contribution in [0.25, 0.3) is 16.6 Å². The van der Waals surface area contributed by atoms with Gasteiger partial charge in [-0.25, -0.2) is 4.68 Å². The monoisotopic (exact) mass is 489 g/mol. The fourth-order valence-electron chi connectivity index (χ4n) is 4.24. The number of benzene rings is 1. The summed E-state index contributed by atoms with van der Waals surface area (Å²) < 4.78 is 4.69. The van der Waals surface area contributed by atoms with E-state index in [9.17, 15) is 9.59 Å². The summed E-state index contributed by atoms with van der Waals surface area (Å²) in [6.07, 6.45) is 3.57. The number of hydrogen-bond acceptors (Lipinski definition) is 5. The average Bonchev–Trinajstić information content (AvgIpc) is 3.39. The van der Waals surface area contributed by atoms with Crippen molar-refractivity contribution in [1.29, 1.82) is 0 Å². The van der Waals surface area contributed by atoms with E-state index in [1.807, 2.05) is 49.5 Å². The molecule has 0 aliphatic heterocycles. The highest BCUT2D eigenvalue weighted by Crippen LogP contribution is 2.21. The van der Waals surface area contributed by atoms with Crippen LogP contribution in [0.3, 0.4) is 0 Å². The summed E-state index contributed by atoms with van der Waals surface area (Å²) in [6, 6.07) is 16.1. The van der Waals surface area contributed by atoms with E-state index in [1.54, 1.807) is 39.7 Å². The molecule has 5 aromatic rings. The second-order valence-electron chi connectivity index (χ2n) is 8.48. The Hall–Kier alpha value is -3.95. The molecule has 0 spiro atoms. The van der Waals surface area contributed by atoms with Gasteiger partial charge in [0.05, 0.1) is 45.2 Å². The van der Waals surface area contributed by atoms with Crippen molar-refractivity contribution in [3.05, 3.63) is 110 Å². The lowest BCUT2D eigenvalue weighted by molar-refractivity contribution is 0.306. The number of aromatic amines is 1. The molecule has 9 nitrogen and oxygen atoms in total. The molecule has 0 unspecified atom stereocenters. The molecule has 1 aromatic carbocycles. The maximum Gasteiger partial charge on any atom is 0.280 e. The van der Waals surface area contributed by atoms with Crippen LogP contribution in [0.5, 0.6) is 0 Å². The average molecular weight is 490 g/mol. The molecule has 0 radical (unpaired) electrons. The van der Waals surface area contributed by atoms with Crippen LogP contribution in [0.15, 0.2) is 76.6 Å². The second kappa shape index (κ2) is 9.36. The lowest BCUT2D eigenvalue weighted by Crippen LogP contribution is -2.29. The van der Waals surface area contributed by atoms with Gasteiger partial charge in [0.1, 0.15) is 0 Å². The van der Waals surface area contributed by atoms with E-state index < -0.39 is 0 Å². The predicted octanol–water partition coefficient (Wildman–Crippen LogP) is 2.94. The van der Waals surface area contributed by atoms with Gasteiger partial charge in [-0.05, 0) is 37.4 Å². The summed E-state index contributed by atoms with van der Waals surface area (Å²) in [5, 5.41) is 8.37. The van der Waals surface area contributed by atoms with E-state index in [2.05, 4.69) is 15.2 Å². The first-order valence-electron chi connectivity index (χ1n) is 11.1. The number of aromatic nitrogens is 6. The molecule has 35 heavy (non-hydrogen) atoms. The van der Waals surface area contributed by atoms with Crippen LogP contribution in [-0.4, -0.2) is 41.1 Å². The summed E-state index contributed by atoms with van der Waals surface area (Å²) in [7, 11) is 3.76. The fourth-order valence-corrected chi connectivity index (χ4v) is 4.46. The molecule has 0 saturated heterocycles. The first kappa shape index (κ1) is 22.8. The number of nitrogens with one attached hydrogen (secondary N) is 1. The van der Waals surface area contributed by atoms with Gasteiger partial charge in [0.25, 0.3) is 11.1 Å². The number of H-pyrrole nitrogens is 1. The topological polar surface area (TPSA) is 93.7 Å². The highest BCUT2D eigenvalue weighted by molar-refractivity contribution is 6.32. The molecule has 1 N–H and O–H groups in total. The van der Waals surface area contributed by atoms with Crippen LogP contribution in [0.1, 0.15) is 17.1 Å². The minimum atomic E-state index is -0.274. The molecule has 0 atom stereocenters. The molecule has 5 rings (SSSR count). The fraction of sp³-hybridized carbons (Fsp3) is 0.200. The zero-order valence-electron chi connectivity index (χ0n) is 19.3. The highest BCUT2D eigenvalue weighted by Gasteiger charge is 2.20. The molecule has 0 saturated carbocycles.